The van der Waals surface area contributed by atoms with Gasteiger partial charge in [0.15, 0.2) is 0 Å². The molecule has 0 saturated heterocycles. The first-order chi connectivity index (χ1) is 5.41. The van der Waals surface area contributed by atoms with Gasteiger partial charge in [0.25, 0.3) is 0 Å². The van der Waals surface area contributed by atoms with Gasteiger partial charge in [0, 0.05) is 0 Å². The molecule has 2 N–H and O–H groups in total. The summed E-state index contributed by atoms with van der Waals surface area (Å²) in [5, 5.41) is 16.3. The summed E-state index contributed by atoms with van der Waals surface area (Å²) in [5.41, 5.74) is 0. The monoisotopic (exact) mass is 166 g/mol. The molecule has 5 heteroatoms. The van der Waals surface area contributed by atoms with Gasteiger partial charge in [-0.05, 0) is 0 Å². The van der Waals surface area contributed by atoms with Crippen molar-refractivity contribution in [2.75, 3.05) is 40.0 Å². The molecule has 0 fully saturated rings. The summed E-state index contributed by atoms with van der Waals surface area (Å²) in [7, 11) is 0. The molecule has 0 aromatic rings. The topological polar surface area (TPSA) is 68.2 Å². The summed E-state index contributed by atoms with van der Waals surface area (Å²) in [4.78, 5) is 0. The lowest BCUT2D eigenvalue weighted by Crippen LogP contribution is -2.09. The van der Waals surface area contributed by atoms with E-state index < -0.39 is 0 Å². The van der Waals surface area contributed by atoms with Crippen LogP contribution < -0.4 is 0 Å². The van der Waals surface area contributed by atoms with Crippen LogP contribution in [-0.2, 0) is 14.2 Å². The van der Waals surface area contributed by atoms with Gasteiger partial charge < -0.3 is 24.4 Å². The second-order valence-electron chi connectivity index (χ2n) is 1.69. The average molecular weight is 166 g/mol. The van der Waals surface area contributed by atoms with Crippen molar-refractivity contribution in [1.29, 1.82) is 0 Å². The molecule has 0 amide bonds. The van der Waals surface area contributed by atoms with Crippen molar-refractivity contribution in [2.45, 2.75) is 0 Å². The Morgan fingerprint density at radius 2 is 1.00 bits per heavy atom. The molecule has 11 heavy (non-hydrogen) atoms. The van der Waals surface area contributed by atoms with Crippen LogP contribution in [0.5, 0.6) is 0 Å². The largest absolute Gasteiger partial charge is 0.377 e. The maximum Gasteiger partial charge on any atom is 0.143 e. The summed E-state index contributed by atoms with van der Waals surface area (Å²) in [6.07, 6.45) is 0. The molecule has 0 aliphatic rings. The van der Waals surface area contributed by atoms with Crippen LogP contribution in [0.15, 0.2) is 0 Å². The van der Waals surface area contributed by atoms with E-state index in [-0.39, 0.29) is 13.6 Å². The molecule has 0 unspecified atom stereocenters. The van der Waals surface area contributed by atoms with Gasteiger partial charge in [-0.15, -0.1) is 0 Å². The molecule has 68 valence electrons. The molecule has 0 aliphatic heterocycles. The molecule has 0 spiro atoms. The quantitative estimate of drug-likeness (QED) is 0.355. The number of rotatable bonds is 8. The maximum absolute atomic E-state index is 8.17. The van der Waals surface area contributed by atoms with Crippen molar-refractivity contribution in [1.82, 2.24) is 0 Å². The SMILES string of the molecule is OCOCCOCCOCO. The van der Waals surface area contributed by atoms with Crippen molar-refractivity contribution < 1.29 is 24.4 Å². The zero-order valence-electron chi connectivity index (χ0n) is 6.36. The lowest BCUT2D eigenvalue weighted by Gasteiger charge is -2.03. The molecule has 0 aliphatic carbocycles. The Balaban J connectivity index is 2.69. The minimum Gasteiger partial charge on any atom is -0.377 e. The number of hydrogen-bond acceptors (Lipinski definition) is 5. The Morgan fingerprint density at radius 1 is 0.636 bits per heavy atom. The Hall–Kier alpha value is -0.200. The van der Waals surface area contributed by atoms with Crippen LogP contribution in [0, 0.1) is 0 Å². The van der Waals surface area contributed by atoms with E-state index in [9.17, 15) is 0 Å². The average Bonchev–Trinajstić information content (AvgIpc) is 2.03. The maximum atomic E-state index is 8.17. The van der Waals surface area contributed by atoms with Crippen LogP contribution >= 0.6 is 0 Å². The lowest BCUT2D eigenvalue weighted by atomic mass is 10.7. The standard InChI is InChI=1S/C6H14O5/c7-5-10-3-1-9-2-4-11-6-8/h7-8H,1-6H2. The molecule has 0 saturated carbocycles. The van der Waals surface area contributed by atoms with Crippen molar-refractivity contribution in [3.05, 3.63) is 0 Å². The molecule has 0 heterocycles. The minimum atomic E-state index is -0.281. The molecule has 0 bridgehead atoms. The first kappa shape index (κ1) is 10.8. The van der Waals surface area contributed by atoms with E-state index in [0.717, 1.165) is 0 Å². The predicted octanol–water partition coefficient (Wildman–Crippen LogP) is -1.06. The van der Waals surface area contributed by atoms with Gasteiger partial charge in [-0.1, -0.05) is 0 Å². The summed E-state index contributed by atoms with van der Waals surface area (Å²) >= 11 is 0. The third-order valence-corrected chi connectivity index (χ3v) is 0.927. The highest BCUT2D eigenvalue weighted by Gasteiger charge is 1.88. The highest BCUT2D eigenvalue weighted by atomic mass is 16.6. The van der Waals surface area contributed by atoms with Gasteiger partial charge in [0.1, 0.15) is 13.6 Å². The van der Waals surface area contributed by atoms with Gasteiger partial charge in [0.2, 0.25) is 0 Å². The van der Waals surface area contributed by atoms with Crippen molar-refractivity contribution in [3.63, 3.8) is 0 Å². The molecular weight excluding hydrogens is 152 g/mol. The molecule has 0 radical (unpaired) electrons. The van der Waals surface area contributed by atoms with E-state index in [1.807, 2.05) is 0 Å². The Kier molecular flexibility index (Phi) is 9.62. The third-order valence-electron chi connectivity index (χ3n) is 0.927. The molecule has 5 nitrogen and oxygen atoms in total. The van der Waals surface area contributed by atoms with E-state index in [1.165, 1.54) is 0 Å². The lowest BCUT2D eigenvalue weighted by molar-refractivity contribution is -0.0529. The summed E-state index contributed by atoms with van der Waals surface area (Å²) in [6, 6.07) is 0. The van der Waals surface area contributed by atoms with E-state index in [4.69, 9.17) is 14.9 Å². The highest BCUT2D eigenvalue weighted by molar-refractivity contribution is 4.29. The van der Waals surface area contributed by atoms with Gasteiger partial charge in [-0.2, -0.15) is 0 Å². The third kappa shape index (κ3) is 9.80. The van der Waals surface area contributed by atoms with Gasteiger partial charge in [-0.25, -0.2) is 0 Å². The normalized spacial score (nSPS) is 10.4. The summed E-state index contributed by atoms with van der Waals surface area (Å²) in [5.74, 6) is 0. The van der Waals surface area contributed by atoms with E-state index in [1.54, 1.807) is 0 Å². The summed E-state index contributed by atoms with van der Waals surface area (Å²) in [6.45, 7) is 1.03. The van der Waals surface area contributed by atoms with Gasteiger partial charge >= 0.3 is 0 Å². The van der Waals surface area contributed by atoms with Gasteiger partial charge in [-0.3, -0.25) is 0 Å². The van der Waals surface area contributed by atoms with Crippen LogP contribution in [0.3, 0.4) is 0 Å². The van der Waals surface area contributed by atoms with Crippen LogP contribution in [0.1, 0.15) is 0 Å². The molecule has 0 rings (SSSR count). The number of hydrogen-bond donors (Lipinski definition) is 2. The number of aliphatic hydroxyl groups is 2. The van der Waals surface area contributed by atoms with Crippen LogP contribution in [0.2, 0.25) is 0 Å². The molecule has 0 atom stereocenters. The Labute approximate surface area is 65.5 Å². The van der Waals surface area contributed by atoms with E-state index >= 15 is 0 Å². The Morgan fingerprint density at radius 3 is 1.36 bits per heavy atom. The highest BCUT2D eigenvalue weighted by Crippen LogP contribution is 1.78. The van der Waals surface area contributed by atoms with Crippen LogP contribution in [0.4, 0.5) is 0 Å². The first-order valence-electron chi connectivity index (χ1n) is 3.36. The fraction of sp³-hybridized carbons (Fsp3) is 1.00. The van der Waals surface area contributed by atoms with Crippen molar-refractivity contribution >= 4 is 0 Å². The first-order valence-corrected chi connectivity index (χ1v) is 3.36. The predicted molar refractivity (Wildman–Crippen MR) is 36.9 cm³/mol. The van der Waals surface area contributed by atoms with E-state index in [2.05, 4.69) is 9.47 Å². The second kappa shape index (κ2) is 9.80. The molecule has 0 aromatic heterocycles. The Bertz CT molecular complexity index is 60.0. The number of aliphatic hydroxyl groups excluding tert-OH is 2. The molecular formula is C6H14O5. The van der Waals surface area contributed by atoms with Crippen molar-refractivity contribution in [3.8, 4) is 0 Å². The fourth-order valence-corrected chi connectivity index (χ4v) is 0.467. The van der Waals surface area contributed by atoms with Crippen LogP contribution in [0.25, 0.3) is 0 Å². The second-order valence-corrected chi connectivity index (χ2v) is 1.69. The fourth-order valence-electron chi connectivity index (χ4n) is 0.467. The minimum absolute atomic E-state index is 0.281. The van der Waals surface area contributed by atoms with Crippen LogP contribution in [-0.4, -0.2) is 50.2 Å². The van der Waals surface area contributed by atoms with Crippen molar-refractivity contribution in [2.24, 2.45) is 0 Å². The smallest absolute Gasteiger partial charge is 0.143 e. The molecule has 0 aromatic carbocycles. The number of ether oxygens (including phenoxy) is 3. The van der Waals surface area contributed by atoms with Gasteiger partial charge in [0.05, 0.1) is 26.4 Å². The summed E-state index contributed by atoms with van der Waals surface area (Å²) < 4.78 is 14.1. The zero-order valence-corrected chi connectivity index (χ0v) is 6.36. The zero-order chi connectivity index (χ0) is 8.36. The van der Waals surface area contributed by atoms with E-state index in [0.29, 0.717) is 26.4 Å².